The van der Waals surface area contributed by atoms with Crippen LogP contribution in [0.1, 0.15) is 29.7 Å². The van der Waals surface area contributed by atoms with Gasteiger partial charge in [0, 0.05) is 31.2 Å². The molecule has 1 saturated heterocycles. The molecule has 0 amide bonds. The molecule has 1 aliphatic rings. The first-order valence-electron chi connectivity index (χ1n) is 8.84. The van der Waals surface area contributed by atoms with E-state index >= 15 is 0 Å². The number of rotatable bonds is 6. The van der Waals surface area contributed by atoms with Gasteiger partial charge < -0.3 is 24.8 Å². The Bertz CT molecular complexity index is 821. The van der Waals surface area contributed by atoms with E-state index in [0.717, 1.165) is 55.0 Å². The smallest absolute Gasteiger partial charge is 0.261 e. The average molecular weight is 355 g/mol. The van der Waals surface area contributed by atoms with Crippen LogP contribution in [0, 0.1) is 12.3 Å². The Morgan fingerprint density at radius 2 is 2.00 bits per heavy atom. The van der Waals surface area contributed by atoms with Crippen molar-refractivity contribution in [3.05, 3.63) is 57.5 Å². The van der Waals surface area contributed by atoms with Crippen LogP contribution in [0.25, 0.3) is 0 Å². The molecule has 6 nitrogen and oxygen atoms in total. The molecule has 0 atom stereocenters. The minimum Gasteiger partial charge on any atom is -0.497 e. The van der Waals surface area contributed by atoms with Gasteiger partial charge in [-0.25, -0.2) is 0 Å². The number of hydrogen-bond donors (Lipinski definition) is 2. The predicted octanol–water partition coefficient (Wildman–Crippen LogP) is 2.80. The number of methoxy groups -OCH3 is 1. The second-order valence-corrected chi connectivity index (χ2v) is 6.53. The van der Waals surface area contributed by atoms with E-state index in [9.17, 15) is 4.79 Å². The maximum absolute atomic E-state index is 12.9. The SMILES string of the molecule is COc1ccc(Cn2c(C)cc(NC3CCOCC3)c(C=N)c2=O)cc1. The first-order chi connectivity index (χ1) is 12.6. The molecule has 0 aliphatic carbocycles. The first-order valence-corrected chi connectivity index (χ1v) is 8.84. The number of benzene rings is 1. The van der Waals surface area contributed by atoms with Gasteiger partial charge in [0.05, 0.1) is 24.9 Å². The van der Waals surface area contributed by atoms with Crippen molar-refractivity contribution in [1.82, 2.24) is 4.57 Å². The van der Waals surface area contributed by atoms with Crippen molar-refractivity contribution < 1.29 is 9.47 Å². The van der Waals surface area contributed by atoms with Gasteiger partial charge in [-0.15, -0.1) is 0 Å². The second-order valence-electron chi connectivity index (χ2n) is 6.53. The lowest BCUT2D eigenvalue weighted by Crippen LogP contribution is -2.32. The maximum atomic E-state index is 12.9. The van der Waals surface area contributed by atoms with Gasteiger partial charge in [-0.3, -0.25) is 4.79 Å². The summed E-state index contributed by atoms with van der Waals surface area (Å²) in [5.41, 5.74) is 2.87. The number of pyridine rings is 1. The highest BCUT2D eigenvalue weighted by molar-refractivity contribution is 5.85. The predicted molar refractivity (Wildman–Crippen MR) is 103 cm³/mol. The van der Waals surface area contributed by atoms with Crippen molar-refractivity contribution in [2.45, 2.75) is 32.4 Å². The Hall–Kier alpha value is -2.60. The van der Waals surface area contributed by atoms with E-state index in [2.05, 4.69) is 5.32 Å². The summed E-state index contributed by atoms with van der Waals surface area (Å²) in [6, 6.07) is 9.90. The number of aryl methyl sites for hydroxylation is 1. The zero-order chi connectivity index (χ0) is 18.5. The summed E-state index contributed by atoms with van der Waals surface area (Å²) in [7, 11) is 1.63. The third-order valence-corrected chi connectivity index (χ3v) is 4.77. The molecule has 1 aromatic carbocycles. The lowest BCUT2D eigenvalue weighted by atomic mass is 10.1. The van der Waals surface area contributed by atoms with Crippen molar-refractivity contribution in [1.29, 1.82) is 5.41 Å². The van der Waals surface area contributed by atoms with Crippen LogP contribution in [0.3, 0.4) is 0 Å². The lowest BCUT2D eigenvalue weighted by molar-refractivity contribution is 0.0904. The van der Waals surface area contributed by atoms with Crippen LogP contribution in [0.2, 0.25) is 0 Å². The monoisotopic (exact) mass is 355 g/mol. The molecular weight excluding hydrogens is 330 g/mol. The zero-order valence-corrected chi connectivity index (χ0v) is 15.2. The Kier molecular flexibility index (Phi) is 5.73. The topological polar surface area (TPSA) is 76.3 Å². The molecule has 26 heavy (non-hydrogen) atoms. The van der Waals surface area contributed by atoms with Gasteiger partial charge in [-0.2, -0.15) is 0 Å². The fraction of sp³-hybridized carbons (Fsp3) is 0.400. The molecule has 6 heteroatoms. The van der Waals surface area contributed by atoms with Gasteiger partial charge in [-0.05, 0) is 43.5 Å². The highest BCUT2D eigenvalue weighted by Gasteiger charge is 2.17. The first kappa shape index (κ1) is 18.2. The normalized spacial score (nSPS) is 14.8. The highest BCUT2D eigenvalue weighted by Crippen LogP contribution is 2.19. The summed E-state index contributed by atoms with van der Waals surface area (Å²) in [6.45, 7) is 3.84. The van der Waals surface area contributed by atoms with Crippen molar-refractivity contribution in [2.24, 2.45) is 0 Å². The summed E-state index contributed by atoms with van der Waals surface area (Å²) in [6.07, 6.45) is 2.96. The molecule has 2 heterocycles. The number of nitrogens with one attached hydrogen (secondary N) is 2. The Morgan fingerprint density at radius 3 is 2.62 bits per heavy atom. The Labute approximate surface area is 153 Å². The van der Waals surface area contributed by atoms with Gasteiger partial charge >= 0.3 is 0 Å². The molecule has 0 saturated carbocycles. The summed E-state index contributed by atoms with van der Waals surface area (Å²) in [5, 5.41) is 11.2. The van der Waals surface area contributed by atoms with Crippen LogP contribution in [-0.4, -0.2) is 37.1 Å². The molecule has 0 spiro atoms. The van der Waals surface area contributed by atoms with E-state index in [1.807, 2.05) is 37.3 Å². The average Bonchev–Trinajstić information content (AvgIpc) is 2.66. The summed E-state index contributed by atoms with van der Waals surface area (Å²) in [5.74, 6) is 0.786. The highest BCUT2D eigenvalue weighted by atomic mass is 16.5. The fourth-order valence-corrected chi connectivity index (χ4v) is 3.22. The van der Waals surface area contributed by atoms with Crippen LogP contribution in [-0.2, 0) is 11.3 Å². The molecule has 2 aromatic rings. The van der Waals surface area contributed by atoms with E-state index in [1.165, 1.54) is 0 Å². The number of aromatic nitrogens is 1. The molecule has 0 radical (unpaired) electrons. The van der Waals surface area contributed by atoms with Gasteiger partial charge in [0.1, 0.15) is 5.75 Å². The van der Waals surface area contributed by atoms with Crippen LogP contribution >= 0.6 is 0 Å². The minimum absolute atomic E-state index is 0.148. The molecule has 2 N–H and O–H groups in total. The van der Waals surface area contributed by atoms with Crippen molar-refractivity contribution in [3.63, 3.8) is 0 Å². The van der Waals surface area contributed by atoms with E-state index in [0.29, 0.717) is 12.1 Å². The van der Waals surface area contributed by atoms with Crippen LogP contribution in [0.5, 0.6) is 5.75 Å². The van der Waals surface area contributed by atoms with E-state index in [1.54, 1.807) is 11.7 Å². The number of nitrogens with zero attached hydrogens (tertiary/aromatic N) is 1. The fourth-order valence-electron chi connectivity index (χ4n) is 3.22. The third kappa shape index (κ3) is 3.96. The minimum atomic E-state index is -0.148. The summed E-state index contributed by atoms with van der Waals surface area (Å²) < 4.78 is 12.3. The van der Waals surface area contributed by atoms with Crippen molar-refractivity contribution >= 4 is 11.9 Å². The van der Waals surface area contributed by atoms with Crippen LogP contribution in [0.4, 0.5) is 5.69 Å². The van der Waals surface area contributed by atoms with E-state index < -0.39 is 0 Å². The molecule has 0 unspecified atom stereocenters. The van der Waals surface area contributed by atoms with Gasteiger partial charge in [0.15, 0.2) is 0 Å². The lowest BCUT2D eigenvalue weighted by Gasteiger charge is -2.25. The van der Waals surface area contributed by atoms with Gasteiger partial charge in [0.25, 0.3) is 5.56 Å². The summed E-state index contributed by atoms with van der Waals surface area (Å²) in [4.78, 5) is 12.9. The maximum Gasteiger partial charge on any atom is 0.261 e. The van der Waals surface area contributed by atoms with E-state index in [-0.39, 0.29) is 11.6 Å². The quantitative estimate of drug-likeness (QED) is 0.781. The Morgan fingerprint density at radius 1 is 1.31 bits per heavy atom. The second kappa shape index (κ2) is 8.19. The van der Waals surface area contributed by atoms with Crippen molar-refractivity contribution in [2.75, 3.05) is 25.6 Å². The standard InChI is InChI=1S/C20H25N3O3/c1-14-11-19(22-16-7-9-26-10-8-16)18(12-21)20(24)23(14)13-15-3-5-17(25-2)6-4-15/h3-6,11-12,16,21-22H,7-10,13H2,1-2H3. The molecule has 1 aliphatic heterocycles. The van der Waals surface area contributed by atoms with Crippen LogP contribution < -0.4 is 15.6 Å². The molecule has 0 bridgehead atoms. The Balaban J connectivity index is 1.88. The van der Waals surface area contributed by atoms with Crippen LogP contribution in [0.15, 0.2) is 35.1 Å². The molecular formula is C20H25N3O3. The largest absolute Gasteiger partial charge is 0.497 e. The number of anilines is 1. The zero-order valence-electron chi connectivity index (χ0n) is 15.2. The molecule has 138 valence electrons. The summed E-state index contributed by atoms with van der Waals surface area (Å²) >= 11 is 0. The number of ether oxygens (including phenoxy) is 2. The molecule has 1 aromatic heterocycles. The van der Waals surface area contributed by atoms with Gasteiger partial charge in [-0.1, -0.05) is 12.1 Å². The third-order valence-electron chi connectivity index (χ3n) is 4.77. The van der Waals surface area contributed by atoms with Crippen molar-refractivity contribution in [3.8, 4) is 5.75 Å². The molecule has 1 fully saturated rings. The van der Waals surface area contributed by atoms with Gasteiger partial charge in [0.2, 0.25) is 0 Å². The number of hydrogen-bond acceptors (Lipinski definition) is 5. The van der Waals surface area contributed by atoms with E-state index in [4.69, 9.17) is 14.9 Å². The molecule has 3 rings (SSSR count).